The predicted octanol–water partition coefficient (Wildman–Crippen LogP) is 2.87. The lowest BCUT2D eigenvalue weighted by atomic mass is 9.76. The van der Waals surface area contributed by atoms with Crippen molar-refractivity contribution in [3.8, 4) is 0 Å². The van der Waals surface area contributed by atoms with E-state index in [1.807, 2.05) is 0 Å². The Labute approximate surface area is 102 Å². The normalized spacial score (nSPS) is 19.1. The van der Waals surface area contributed by atoms with Crippen LogP contribution in [-0.4, -0.2) is 31.1 Å². The van der Waals surface area contributed by atoms with Gasteiger partial charge in [0.25, 0.3) is 0 Å². The Hall–Kier alpha value is -0.0800. The van der Waals surface area contributed by atoms with E-state index in [9.17, 15) is 0 Å². The van der Waals surface area contributed by atoms with Gasteiger partial charge in [0.1, 0.15) is 0 Å². The second-order valence-electron chi connectivity index (χ2n) is 6.49. The zero-order valence-electron chi connectivity index (χ0n) is 11.6. The minimum absolute atomic E-state index is 0.414. The molecule has 0 saturated heterocycles. The Kier molecular flexibility index (Phi) is 5.26. The number of hydrogen-bond donors (Lipinski definition) is 1. The molecule has 2 N–H and O–H groups in total. The Morgan fingerprint density at radius 1 is 1.25 bits per heavy atom. The maximum atomic E-state index is 5.71. The highest BCUT2D eigenvalue weighted by atomic mass is 15.1. The molecule has 1 saturated carbocycles. The van der Waals surface area contributed by atoms with Crippen LogP contribution in [0.3, 0.4) is 0 Å². The molecule has 0 aromatic heterocycles. The van der Waals surface area contributed by atoms with E-state index in [1.165, 1.54) is 38.6 Å². The minimum atomic E-state index is 0.414. The fraction of sp³-hybridized carbons (Fsp3) is 1.00. The highest BCUT2D eigenvalue weighted by Crippen LogP contribution is 2.32. The lowest BCUT2D eigenvalue weighted by Gasteiger charge is -2.31. The van der Waals surface area contributed by atoms with Crippen LogP contribution in [0, 0.1) is 11.3 Å². The van der Waals surface area contributed by atoms with Crippen LogP contribution in [0.15, 0.2) is 0 Å². The van der Waals surface area contributed by atoms with Gasteiger partial charge in [0.05, 0.1) is 0 Å². The summed E-state index contributed by atoms with van der Waals surface area (Å²) < 4.78 is 0. The van der Waals surface area contributed by atoms with Crippen molar-refractivity contribution in [1.82, 2.24) is 4.90 Å². The monoisotopic (exact) mass is 226 g/mol. The van der Waals surface area contributed by atoms with Gasteiger partial charge in [0.15, 0.2) is 0 Å². The number of rotatable bonds is 7. The van der Waals surface area contributed by atoms with Gasteiger partial charge in [-0.15, -0.1) is 0 Å². The maximum Gasteiger partial charge on any atom is 0.00933 e. The van der Waals surface area contributed by atoms with Gasteiger partial charge in [-0.25, -0.2) is 0 Å². The van der Waals surface area contributed by atoms with E-state index in [2.05, 4.69) is 32.7 Å². The van der Waals surface area contributed by atoms with Gasteiger partial charge in [-0.2, -0.15) is 0 Å². The molecule has 0 aliphatic heterocycles. The highest BCUT2D eigenvalue weighted by Gasteiger charge is 2.27. The fourth-order valence-electron chi connectivity index (χ4n) is 2.50. The molecule has 1 rings (SSSR count). The average molecular weight is 226 g/mol. The van der Waals surface area contributed by atoms with Gasteiger partial charge in [-0.05, 0) is 63.6 Å². The quantitative estimate of drug-likeness (QED) is 0.723. The van der Waals surface area contributed by atoms with Crippen molar-refractivity contribution in [1.29, 1.82) is 0 Å². The van der Waals surface area contributed by atoms with Crippen LogP contribution in [0.2, 0.25) is 0 Å². The van der Waals surface area contributed by atoms with Crippen molar-refractivity contribution in [2.24, 2.45) is 17.1 Å². The molecule has 16 heavy (non-hydrogen) atoms. The Bertz CT molecular complexity index is 191. The number of nitrogens with two attached hydrogens (primary N) is 1. The van der Waals surface area contributed by atoms with E-state index in [0.29, 0.717) is 5.41 Å². The van der Waals surface area contributed by atoms with Crippen molar-refractivity contribution in [2.45, 2.75) is 58.9 Å². The second-order valence-corrected chi connectivity index (χ2v) is 6.49. The molecule has 0 radical (unpaired) electrons. The minimum Gasteiger partial charge on any atom is -0.330 e. The first-order chi connectivity index (χ1) is 7.45. The van der Waals surface area contributed by atoms with E-state index >= 15 is 0 Å². The topological polar surface area (TPSA) is 29.3 Å². The molecule has 1 fully saturated rings. The summed E-state index contributed by atoms with van der Waals surface area (Å²) in [6.45, 7) is 9.13. The van der Waals surface area contributed by atoms with Crippen molar-refractivity contribution < 1.29 is 0 Å². The Balaban J connectivity index is 2.21. The predicted molar refractivity (Wildman–Crippen MR) is 71.5 cm³/mol. The Morgan fingerprint density at radius 2 is 1.88 bits per heavy atom. The lowest BCUT2D eigenvalue weighted by molar-refractivity contribution is 0.199. The van der Waals surface area contributed by atoms with E-state index < -0.39 is 0 Å². The van der Waals surface area contributed by atoms with Crippen molar-refractivity contribution in [3.05, 3.63) is 0 Å². The molecule has 0 amide bonds. The smallest absolute Gasteiger partial charge is 0.00933 e. The van der Waals surface area contributed by atoms with Gasteiger partial charge >= 0.3 is 0 Å². The molecule has 0 aromatic rings. The molecule has 0 heterocycles. The molecule has 0 aromatic carbocycles. The molecule has 1 aliphatic carbocycles. The van der Waals surface area contributed by atoms with E-state index in [4.69, 9.17) is 5.73 Å². The molecular weight excluding hydrogens is 196 g/mol. The van der Waals surface area contributed by atoms with Crippen LogP contribution in [0.1, 0.15) is 52.9 Å². The summed E-state index contributed by atoms with van der Waals surface area (Å²) in [6.07, 6.45) is 6.67. The summed E-state index contributed by atoms with van der Waals surface area (Å²) in [5.41, 5.74) is 6.12. The van der Waals surface area contributed by atoms with Crippen LogP contribution in [0.5, 0.6) is 0 Å². The second kappa shape index (κ2) is 6.02. The first kappa shape index (κ1) is 14.0. The van der Waals surface area contributed by atoms with E-state index in [1.54, 1.807) is 0 Å². The summed E-state index contributed by atoms with van der Waals surface area (Å²) in [7, 11) is 2.27. The van der Waals surface area contributed by atoms with Crippen LogP contribution in [-0.2, 0) is 0 Å². The molecule has 2 heteroatoms. The van der Waals surface area contributed by atoms with Gasteiger partial charge in [0, 0.05) is 6.04 Å². The summed E-state index contributed by atoms with van der Waals surface area (Å²) in [5.74, 6) is 0.783. The van der Waals surface area contributed by atoms with Gasteiger partial charge in [-0.1, -0.05) is 20.8 Å². The van der Waals surface area contributed by atoms with Crippen LogP contribution in [0.25, 0.3) is 0 Å². The summed E-state index contributed by atoms with van der Waals surface area (Å²) in [4.78, 5) is 2.53. The zero-order chi connectivity index (χ0) is 12.2. The molecule has 2 nitrogen and oxygen atoms in total. The molecule has 96 valence electrons. The van der Waals surface area contributed by atoms with Crippen LogP contribution in [0.4, 0.5) is 0 Å². The first-order valence-electron chi connectivity index (χ1n) is 6.85. The third-order valence-corrected chi connectivity index (χ3v) is 3.97. The van der Waals surface area contributed by atoms with E-state index in [-0.39, 0.29) is 0 Å². The standard InChI is InChI=1S/C14H30N2/c1-14(2,3)12(9-10-15)6-5-11-16(4)13-7-8-13/h12-13H,5-11,15H2,1-4H3. The van der Waals surface area contributed by atoms with Crippen LogP contribution >= 0.6 is 0 Å². The molecule has 1 unspecified atom stereocenters. The van der Waals surface area contributed by atoms with Gasteiger partial charge < -0.3 is 10.6 Å². The van der Waals surface area contributed by atoms with Gasteiger partial charge in [-0.3, -0.25) is 0 Å². The van der Waals surface area contributed by atoms with Crippen molar-refractivity contribution in [3.63, 3.8) is 0 Å². The largest absolute Gasteiger partial charge is 0.330 e. The molecular formula is C14H30N2. The Morgan fingerprint density at radius 3 is 2.31 bits per heavy atom. The summed E-state index contributed by atoms with van der Waals surface area (Å²) >= 11 is 0. The average Bonchev–Trinajstić information content (AvgIpc) is 2.97. The summed E-state index contributed by atoms with van der Waals surface area (Å²) in [6, 6.07) is 0.905. The molecule has 0 spiro atoms. The van der Waals surface area contributed by atoms with Crippen molar-refractivity contribution in [2.75, 3.05) is 20.1 Å². The fourth-order valence-corrected chi connectivity index (χ4v) is 2.50. The molecule has 1 aliphatic rings. The molecule has 1 atom stereocenters. The van der Waals surface area contributed by atoms with E-state index in [0.717, 1.165) is 18.5 Å². The third kappa shape index (κ3) is 4.84. The SMILES string of the molecule is CN(CCCC(CCN)C(C)(C)C)C1CC1. The number of nitrogens with zero attached hydrogens (tertiary/aromatic N) is 1. The lowest BCUT2D eigenvalue weighted by Crippen LogP contribution is -2.26. The third-order valence-electron chi connectivity index (χ3n) is 3.97. The zero-order valence-corrected chi connectivity index (χ0v) is 11.6. The maximum absolute atomic E-state index is 5.71. The first-order valence-corrected chi connectivity index (χ1v) is 6.85. The summed E-state index contributed by atoms with van der Waals surface area (Å²) in [5, 5.41) is 0. The highest BCUT2D eigenvalue weighted by molar-refractivity contribution is 4.82. The molecule has 0 bridgehead atoms. The van der Waals surface area contributed by atoms with Crippen molar-refractivity contribution >= 4 is 0 Å². The van der Waals surface area contributed by atoms with Crippen LogP contribution < -0.4 is 5.73 Å². The van der Waals surface area contributed by atoms with Gasteiger partial charge in [0.2, 0.25) is 0 Å². The number of hydrogen-bond acceptors (Lipinski definition) is 2.